The zero-order valence-corrected chi connectivity index (χ0v) is 13.7. The predicted octanol–water partition coefficient (Wildman–Crippen LogP) is 4.24. The number of nitrogens with zero attached hydrogens (tertiary/aromatic N) is 2. The molecule has 4 aromatic rings. The standard InChI is InChI=1S/C19H15N3OS/c23-19(16-9-6-12-24-16)21-18-15(13-14-7-2-1-3-8-14)20-17-10-4-5-11-22(17)18/h1-12H,13H2,(H,21,23). The summed E-state index contributed by atoms with van der Waals surface area (Å²) in [5.74, 6) is 0.623. The van der Waals surface area contributed by atoms with E-state index in [-0.39, 0.29) is 5.91 Å². The molecule has 24 heavy (non-hydrogen) atoms. The van der Waals surface area contributed by atoms with E-state index in [1.165, 1.54) is 11.3 Å². The number of anilines is 1. The first-order valence-corrected chi connectivity index (χ1v) is 8.54. The first kappa shape index (κ1) is 14.7. The van der Waals surface area contributed by atoms with Crippen molar-refractivity contribution in [2.75, 3.05) is 5.32 Å². The number of carbonyl (C=O) groups excluding carboxylic acids is 1. The Bertz CT molecular complexity index is 974. The number of hydrogen-bond acceptors (Lipinski definition) is 3. The number of benzene rings is 1. The fourth-order valence-corrected chi connectivity index (χ4v) is 3.29. The van der Waals surface area contributed by atoms with Gasteiger partial charge in [-0.15, -0.1) is 11.3 Å². The van der Waals surface area contributed by atoms with Crippen LogP contribution in [0.4, 0.5) is 5.82 Å². The highest BCUT2D eigenvalue weighted by Gasteiger charge is 2.16. The van der Waals surface area contributed by atoms with Crippen LogP contribution in [-0.2, 0) is 6.42 Å². The number of nitrogens with one attached hydrogen (secondary N) is 1. The highest BCUT2D eigenvalue weighted by Crippen LogP contribution is 2.22. The quantitative estimate of drug-likeness (QED) is 0.607. The van der Waals surface area contributed by atoms with Crippen LogP contribution >= 0.6 is 11.3 Å². The van der Waals surface area contributed by atoms with Crippen molar-refractivity contribution in [3.8, 4) is 0 Å². The van der Waals surface area contributed by atoms with Crippen molar-refractivity contribution in [3.05, 3.63) is 88.4 Å². The molecule has 0 atom stereocenters. The van der Waals surface area contributed by atoms with Crippen molar-refractivity contribution in [1.82, 2.24) is 9.38 Å². The van der Waals surface area contributed by atoms with E-state index in [2.05, 4.69) is 17.4 Å². The van der Waals surface area contributed by atoms with Crippen LogP contribution in [0.2, 0.25) is 0 Å². The van der Waals surface area contributed by atoms with E-state index in [1.54, 1.807) is 0 Å². The van der Waals surface area contributed by atoms with Crippen LogP contribution in [0, 0.1) is 0 Å². The lowest BCUT2D eigenvalue weighted by Gasteiger charge is -2.07. The summed E-state index contributed by atoms with van der Waals surface area (Å²) in [6.07, 6.45) is 2.59. The summed E-state index contributed by atoms with van der Waals surface area (Å²) in [6, 6.07) is 19.6. The second kappa shape index (κ2) is 6.29. The van der Waals surface area contributed by atoms with Crippen molar-refractivity contribution in [1.29, 1.82) is 0 Å². The van der Waals surface area contributed by atoms with E-state index in [0.29, 0.717) is 11.3 Å². The summed E-state index contributed by atoms with van der Waals surface area (Å²) in [4.78, 5) is 17.9. The molecule has 0 fully saturated rings. The molecule has 1 N–H and O–H groups in total. The Labute approximate surface area is 143 Å². The molecule has 0 saturated carbocycles. The zero-order chi connectivity index (χ0) is 16.4. The summed E-state index contributed by atoms with van der Waals surface area (Å²) < 4.78 is 1.92. The van der Waals surface area contributed by atoms with E-state index < -0.39 is 0 Å². The number of carbonyl (C=O) groups is 1. The van der Waals surface area contributed by atoms with Gasteiger partial charge in [0.15, 0.2) is 0 Å². The van der Waals surface area contributed by atoms with Gasteiger partial charge in [0.05, 0.1) is 10.6 Å². The minimum absolute atomic E-state index is 0.107. The van der Waals surface area contributed by atoms with Crippen LogP contribution in [0.1, 0.15) is 20.9 Å². The van der Waals surface area contributed by atoms with Gasteiger partial charge in [-0.25, -0.2) is 4.98 Å². The SMILES string of the molecule is O=C(Nc1c(Cc2ccccc2)nc2ccccn12)c1cccs1. The third kappa shape index (κ3) is 2.81. The van der Waals surface area contributed by atoms with Gasteiger partial charge < -0.3 is 5.32 Å². The van der Waals surface area contributed by atoms with Gasteiger partial charge in [-0.05, 0) is 29.1 Å². The minimum Gasteiger partial charge on any atom is -0.305 e. The summed E-state index contributed by atoms with van der Waals surface area (Å²) in [7, 11) is 0. The molecule has 5 heteroatoms. The highest BCUT2D eigenvalue weighted by molar-refractivity contribution is 7.12. The molecular formula is C19H15N3OS. The number of amides is 1. The largest absolute Gasteiger partial charge is 0.305 e. The minimum atomic E-state index is -0.107. The van der Waals surface area contributed by atoms with Crippen LogP contribution in [0.5, 0.6) is 0 Å². The van der Waals surface area contributed by atoms with Gasteiger partial charge in [0.2, 0.25) is 0 Å². The number of imidazole rings is 1. The van der Waals surface area contributed by atoms with Crippen LogP contribution in [-0.4, -0.2) is 15.3 Å². The van der Waals surface area contributed by atoms with E-state index >= 15 is 0 Å². The van der Waals surface area contributed by atoms with Gasteiger partial charge in [-0.1, -0.05) is 42.5 Å². The lowest BCUT2D eigenvalue weighted by molar-refractivity contribution is 0.103. The van der Waals surface area contributed by atoms with Gasteiger partial charge >= 0.3 is 0 Å². The molecule has 3 aromatic heterocycles. The fourth-order valence-electron chi connectivity index (χ4n) is 2.67. The zero-order valence-electron chi connectivity index (χ0n) is 12.8. The number of aromatic nitrogens is 2. The number of fused-ring (bicyclic) bond motifs is 1. The van der Waals surface area contributed by atoms with Gasteiger partial charge in [0.25, 0.3) is 5.91 Å². The average Bonchev–Trinajstić information content (AvgIpc) is 3.25. The third-order valence-electron chi connectivity index (χ3n) is 3.79. The Morgan fingerprint density at radius 3 is 2.67 bits per heavy atom. The molecule has 3 heterocycles. The molecule has 4 nitrogen and oxygen atoms in total. The molecule has 4 rings (SSSR count). The maximum Gasteiger partial charge on any atom is 0.266 e. The summed E-state index contributed by atoms with van der Waals surface area (Å²) in [6.45, 7) is 0. The summed E-state index contributed by atoms with van der Waals surface area (Å²) in [5, 5.41) is 4.93. The molecule has 0 unspecified atom stereocenters. The first-order valence-electron chi connectivity index (χ1n) is 7.66. The second-order valence-electron chi connectivity index (χ2n) is 5.43. The monoisotopic (exact) mass is 333 g/mol. The smallest absolute Gasteiger partial charge is 0.266 e. The van der Waals surface area contributed by atoms with Gasteiger partial charge in [0, 0.05) is 12.6 Å². The normalized spacial score (nSPS) is 10.8. The number of pyridine rings is 1. The first-order chi connectivity index (χ1) is 11.8. The van der Waals surface area contributed by atoms with Crippen molar-refractivity contribution in [2.24, 2.45) is 0 Å². The van der Waals surface area contributed by atoms with E-state index in [9.17, 15) is 4.79 Å². The van der Waals surface area contributed by atoms with Crippen molar-refractivity contribution >= 4 is 28.7 Å². The summed E-state index contributed by atoms with van der Waals surface area (Å²) >= 11 is 1.43. The van der Waals surface area contributed by atoms with E-state index in [4.69, 9.17) is 4.98 Å². The Kier molecular flexibility index (Phi) is 3.84. The maximum absolute atomic E-state index is 12.5. The lowest BCUT2D eigenvalue weighted by Crippen LogP contribution is -2.13. The molecule has 0 aliphatic carbocycles. The molecule has 0 saturated heterocycles. The Balaban J connectivity index is 1.74. The average molecular weight is 333 g/mol. The van der Waals surface area contributed by atoms with E-state index in [1.807, 2.05) is 64.5 Å². The molecule has 0 aliphatic heterocycles. The molecule has 0 bridgehead atoms. The maximum atomic E-state index is 12.5. The molecule has 1 amide bonds. The van der Waals surface area contributed by atoms with Gasteiger partial charge in [0.1, 0.15) is 11.5 Å². The number of thiophene rings is 1. The molecular weight excluding hydrogens is 318 g/mol. The molecule has 0 spiro atoms. The Morgan fingerprint density at radius 2 is 1.88 bits per heavy atom. The Hall–Kier alpha value is -2.92. The molecule has 0 aliphatic rings. The number of hydrogen-bond donors (Lipinski definition) is 1. The lowest BCUT2D eigenvalue weighted by atomic mass is 10.1. The fraction of sp³-hybridized carbons (Fsp3) is 0.0526. The Morgan fingerprint density at radius 1 is 1.04 bits per heavy atom. The second-order valence-corrected chi connectivity index (χ2v) is 6.38. The van der Waals surface area contributed by atoms with Crippen LogP contribution < -0.4 is 5.32 Å². The third-order valence-corrected chi connectivity index (χ3v) is 4.66. The van der Waals surface area contributed by atoms with Crippen molar-refractivity contribution in [3.63, 3.8) is 0 Å². The van der Waals surface area contributed by atoms with Crippen molar-refractivity contribution < 1.29 is 4.79 Å². The van der Waals surface area contributed by atoms with E-state index in [0.717, 1.165) is 22.7 Å². The van der Waals surface area contributed by atoms with Crippen molar-refractivity contribution in [2.45, 2.75) is 6.42 Å². The van der Waals surface area contributed by atoms with Gasteiger partial charge in [-0.2, -0.15) is 0 Å². The van der Waals surface area contributed by atoms with Crippen LogP contribution in [0.25, 0.3) is 5.65 Å². The predicted molar refractivity (Wildman–Crippen MR) is 96.7 cm³/mol. The summed E-state index contributed by atoms with van der Waals surface area (Å²) in [5.41, 5.74) is 2.84. The van der Waals surface area contributed by atoms with Crippen LogP contribution in [0.15, 0.2) is 72.2 Å². The molecule has 1 aromatic carbocycles. The number of rotatable bonds is 4. The van der Waals surface area contributed by atoms with Gasteiger partial charge in [-0.3, -0.25) is 9.20 Å². The molecule has 118 valence electrons. The molecule has 0 radical (unpaired) electrons. The highest BCUT2D eigenvalue weighted by atomic mass is 32.1. The topological polar surface area (TPSA) is 46.4 Å². The van der Waals surface area contributed by atoms with Crippen LogP contribution in [0.3, 0.4) is 0 Å².